The van der Waals surface area contributed by atoms with Crippen molar-refractivity contribution in [1.29, 1.82) is 0 Å². The summed E-state index contributed by atoms with van der Waals surface area (Å²) in [6.45, 7) is 5.99. The third-order valence-corrected chi connectivity index (χ3v) is 4.97. The molecular formula is C20H26N2O3. The Morgan fingerprint density at radius 2 is 1.64 bits per heavy atom. The highest BCUT2D eigenvalue weighted by molar-refractivity contribution is 5.92. The minimum absolute atomic E-state index is 0.0258. The number of hydrogen-bond acceptors (Lipinski definition) is 3. The van der Waals surface area contributed by atoms with Gasteiger partial charge in [0.25, 0.3) is 0 Å². The molecule has 2 saturated heterocycles. The van der Waals surface area contributed by atoms with E-state index in [4.69, 9.17) is 4.74 Å². The first kappa shape index (κ1) is 17.7. The van der Waals surface area contributed by atoms with Crippen LogP contribution in [-0.2, 0) is 14.3 Å². The molecule has 0 saturated carbocycles. The Balaban J connectivity index is 1.48. The van der Waals surface area contributed by atoms with Crippen LogP contribution < -0.4 is 0 Å². The summed E-state index contributed by atoms with van der Waals surface area (Å²) in [5.74, 6) is 0.298. The van der Waals surface area contributed by atoms with Crippen LogP contribution in [0.4, 0.5) is 0 Å². The number of carbonyl (C=O) groups is 2. The fraction of sp³-hybridized carbons (Fsp3) is 0.500. The van der Waals surface area contributed by atoms with E-state index in [0.29, 0.717) is 39.4 Å². The lowest BCUT2D eigenvalue weighted by Crippen LogP contribution is -2.47. The second-order valence-corrected chi connectivity index (χ2v) is 6.78. The molecule has 0 radical (unpaired) electrons. The minimum atomic E-state index is 0.0258. The number of piperidine rings is 1. The number of amides is 2. The Morgan fingerprint density at radius 1 is 1.00 bits per heavy atom. The van der Waals surface area contributed by atoms with E-state index in [0.717, 1.165) is 18.4 Å². The molecular weight excluding hydrogens is 316 g/mol. The maximum absolute atomic E-state index is 12.5. The number of benzene rings is 1. The zero-order chi connectivity index (χ0) is 17.6. The molecule has 0 N–H and O–H groups in total. The molecule has 25 heavy (non-hydrogen) atoms. The summed E-state index contributed by atoms with van der Waals surface area (Å²) in [5, 5.41) is 0. The van der Waals surface area contributed by atoms with Crippen LogP contribution in [0.1, 0.15) is 24.0 Å². The van der Waals surface area contributed by atoms with Crippen LogP contribution in [0, 0.1) is 12.8 Å². The summed E-state index contributed by atoms with van der Waals surface area (Å²) in [5.41, 5.74) is 2.23. The van der Waals surface area contributed by atoms with Crippen LogP contribution in [-0.4, -0.2) is 61.0 Å². The fourth-order valence-corrected chi connectivity index (χ4v) is 3.34. The van der Waals surface area contributed by atoms with Gasteiger partial charge in [0.1, 0.15) is 0 Å². The van der Waals surface area contributed by atoms with Gasteiger partial charge in [0, 0.05) is 38.2 Å². The summed E-state index contributed by atoms with van der Waals surface area (Å²) in [4.78, 5) is 28.6. The third-order valence-electron chi connectivity index (χ3n) is 4.97. The van der Waals surface area contributed by atoms with Gasteiger partial charge >= 0.3 is 0 Å². The molecule has 2 aliphatic heterocycles. The number of hydrogen-bond donors (Lipinski definition) is 0. The summed E-state index contributed by atoms with van der Waals surface area (Å²) >= 11 is 0. The quantitative estimate of drug-likeness (QED) is 0.791. The maximum Gasteiger partial charge on any atom is 0.246 e. The molecule has 0 aromatic heterocycles. The van der Waals surface area contributed by atoms with Crippen molar-refractivity contribution in [2.45, 2.75) is 19.8 Å². The summed E-state index contributed by atoms with van der Waals surface area (Å²) in [6.07, 6.45) is 4.99. The molecule has 0 unspecified atom stereocenters. The van der Waals surface area contributed by atoms with Crippen molar-refractivity contribution in [3.63, 3.8) is 0 Å². The first-order valence-corrected chi connectivity index (χ1v) is 9.03. The molecule has 0 bridgehead atoms. The minimum Gasteiger partial charge on any atom is -0.378 e. The van der Waals surface area contributed by atoms with Gasteiger partial charge in [-0.2, -0.15) is 0 Å². The van der Waals surface area contributed by atoms with Gasteiger partial charge in [0.2, 0.25) is 11.8 Å². The molecule has 5 nitrogen and oxygen atoms in total. The second-order valence-electron chi connectivity index (χ2n) is 6.78. The average molecular weight is 342 g/mol. The zero-order valence-corrected chi connectivity index (χ0v) is 14.8. The molecule has 5 heteroatoms. The van der Waals surface area contributed by atoms with Gasteiger partial charge in [-0.25, -0.2) is 0 Å². The van der Waals surface area contributed by atoms with E-state index in [2.05, 4.69) is 0 Å². The van der Waals surface area contributed by atoms with Crippen molar-refractivity contribution in [2.75, 3.05) is 39.4 Å². The standard InChI is InChI=1S/C20H26N2O3/c1-16-2-4-17(5-3-16)6-7-19(23)21-10-8-18(9-11-21)20(24)22-12-14-25-15-13-22/h2-7,18H,8-15H2,1H3/b7-6+. The Bertz CT molecular complexity index is 625. The number of morpholine rings is 1. The normalized spacial score (nSPS) is 19.4. The monoisotopic (exact) mass is 342 g/mol. The molecule has 134 valence electrons. The molecule has 0 aliphatic carbocycles. The predicted octanol–water partition coefficient (Wildman–Crippen LogP) is 2.11. The smallest absolute Gasteiger partial charge is 0.246 e. The Morgan fingerprint density at radius 3 is 2.28 bits per heavy atom. The fourth-order valence-electron chi connectivity index (χ4n) is 3.34. The highest BCUT2D eigenvalue weighted by Gasteiger charge is 2.30. The highest BCUT2D eigenvalue weighted by Crippen LogP contribution is 2.20. The van der Waals surface area contributed by atoms with Crippen LogP contribution in [0.2, 0.25) is 0 Å². The van der Waals surface area contributed by atoms with Crippen molar-refractivity contribution >= 4 is 17.9 Å². The number of nitrogens with zero attached hydrogens (tertiary/aromatic N) is 2. The van der Waals surface area contributed by atoms with E-state index < -0.39 is 0 Å². The first-order chi connectivity index (χ1) is 12.1. The van der Waals surface area contributed by atoms with Gasteiger partial charge in [-0.05, 0) is 31.4 Å². The van der Waals surface area contributed by atoms with E-state index in [-0.39, 0.29) is 17.7 Å². The molecule has 2 fully saturated rings. The number of carbonyl (C=O) groups excluding carboxylic acids is 2. The molecule has 2 heterocycles. The Kier molecular flexibility index (Phi) is 5.87. The topological polar surface area (TPSA) is 49.9 Å². The van der Waals surface area contributed by atoms with E-state index >= 15 is 0 Å². The molecule has 1 aromatic rings. The van der Waals surface area contributed by atoms with Crippen LogP contribution in [0.5, 0.6) is 0 Å². The number of rotatable bonds is 3. The second kappa shape index (κ2) is 8.30. The van der Waals surface area contributed by atoms with Crippen molar-refractivity contribution in [2.24, 2.45) is 5.92 Å². The lowest BCUT2D eigenvalue weighted by molar-refractivity contribution is -0.142. The van der Waals surface area contributed by atoms with Gasteiger partial charge in [0.15, 0.2) is 0 Å². The Hall–Kier alpha value is -2.14. The van der Waals surface area contributed by atoms with Crippen LogP contribution in [0.3, 0.4) is 0 Å². The molecule has 2 aliphatic rings. The number of aryl methyl sites for hydroxylation is 1. The van der Waals surface area contributed by atoms with E-state index in [1.165, 1.54) is 5.56 Å². The first-order valence-electron chi connectivity index (χ1n) is 9.03. The summed E-state index contributed by atoms with van der Waals surface area (Å²) < 4.78 is 5.30. The van der Waals surface area contributed by atoms with Gasteiger partial charge in [-0.1, -0.05) is 29.8 Å². The average Bonchev–Trinajstić information content (AvgIpc) is 2.67. The Labute approximate surface area is 149 Å². The van der Waals surface area contributed by atoms with Gasteiger partial charge < -0.3 is 14.5 Å². The molecule has 0 spiro atoms. The molecule has 0 atom stereocenters. The predicted molar refractivity (Wildman–Crippen MR) is 96.9 cm³/mol. The van der Waals surface area contributed by atoms with Crippen molar-refractivity contribution in [1.82, 2.24) is 9.80 Å². The van der Waals surface area contributed by atoms with Gasteiger partial charge in [-0.3, -0.25) is 9.59 Å². The van der Waals surface area contributed by atoms with Crippen molar-refractivity contribution < 1.29 is 14.3 Å². The van der Waals surface area contributed by atoms with Crippen LogP contribution >= 0.6 is 0 Å². The number of ether oxygens (including phenoxy) is 1. The van der Waals surface area contributed by atoms with Crippen molar-refractivity contribution in [3.8, 4) is 0 Å². The zero-order valence-electron chi connectivity index (χ0n) is 14.8. The van der Waals surface area contributed by atoms with Gasteiger partial charge in [-0.15, -0.1) is 0 Å². The molecule has 1 aromatic carbocycles. The van der Waals surface area contributed by atoms with E-state index in [1.807, 2.05) is 47.1 Å². The van der Waals surface area contributed by atoms with Crippen molar-refractivity contribution in [3.05, 3.63) is 41.5 Å². The van der Waals surface area contributed by atoms with Crippen LogP contribution in [0.15, 0.2) is 30.3 Å². The largest absolute Gasteiger partial charge is 0.378 e. The third kappa shape index (κ3) is 4.69. The summed E-state index contributed by atoms with van der Waals surface area (Å²) in [6, 6.07) is 8.08. The van der Waals surface area contributed by atoms with Gasteiger partial charge in [0.05, 0.1) is 13.2 Å². The molecule has 2 amide bonds. The lowest BCUT2D eigenvalue weighted by atomic mass is 9.95. The van der Waals surface area contributed by atoms with Crippen LogP contribution in [0.25, 0.3) is 6.08 Å². The lowest BCUT2D eigenvalue weighted by Gasteiger charge is -2.35. The SMILES string of the molecule is Cc1ccc(/C=C/C(=O)N2CCC(C(=O)N3CCOCC3)CC2)cc1. The van der Waals surface area contributed by atoms with E-state index in [1.54, 1.807) is 6.08 Å². The molecule has 3 rings (SSSR count). The number of likely N-dealkylation sites (tertiary alicyclic amines) is 1. The maximum atomic E-state index is 12.5. The van der Waals surface area contributed by atoms with E-state index in [9.17, 15) is 9.59 Å². The highest BCUT2D eigenvalue weighted by atomic mass is 16.5. The summed E-state index contributed by atoms with van der Waals surface area (Å²) in [7, 11) is 0.